The summed E-state index contributed by atoms with van der Waals surface area (Å²) in [6.45, 7) is 4.59. The number of sulfonamides is 1. The van der Waals surface area contributed by atoms with E-state index in [0.29, 0.717) is 6.54 Å². The Morgan fingerprint density at radius 1 is 1.30 bits per heavy atom. The van der Waals surface area contributed by atoms with E-state index >= 15 is 0 Å². The summed E-state index contributed by atoms with van der Waals surface area (Å²) in [6.07, 6.45) is 0.757. The van der Waals surface area contributed by atoms with Crippen molar-refractivity contribution in [1.29, 1.82) is 0 Å². The van der Waals surface area contributed by atoms with Gasteiger partial charge in [0.15, 0.2) is 0 Å². The van der Waals surface area contributed by atoms with Gasteiger partial charge in [-0.25, -0.2) is 12.8 Å². The van der Waals surface area contributed by atoms with Gasteiger partial charge in [-0.3, -0.25) is 9.59 Å². The Balaban J connectivity index is 2.18. The van der Waals surface area contributed by atoms with Crippen LogP contribution in [0.3, 0.4) is 0 Å². The molecule has 1 atom stereocenters. The van der Waals surface area contributed by atoms with Gasteiger partial charge in [-0.05, 0) is 31.5 Å². The number of hydrogen-bond acceptors (Lipinski definition) is 5. The van der Waals surface area contributed by atoms with E-state index in [9.17, 15) is 22.4 Å². The molecule has 1 aromatic rings. The third-order valence-corrected chi connectivity index (χ3v) is 5.99. The van der Waals surface area contributed by atoms with Gasteiger partial charge in [-0.15, -0.1) is 0 Å². The molecule has 2 N–H and O–H groups in total. The highest BCUT2D eigenvalue weighted by Crippen LogP contribution is 2.22. The second kappa shape index (κ2) is 9.25. The first-order chi connectivity index (χ1) is 12.8. The van der Waals surface area contributed by atoms with Gasteiger partial charge in [0, 0.05) is 25.2 Å². The highest BCUT2D eigenvalue weighted by molar-refractivity contribution is 7.89. The van der Waals surface area contributed by atoms with E-state index in [1.807, 2.05) is 6.92 Å². The van der Waals surface area contributed by atoms with Crippen molar-refractivity contribution in [2.75, 3.05) is 32.8 Å². The number of morpholine rings is 1. The first-order valence-electron chi connectivity index (χ1n) is 8.73. The lowest BCUT2D eigenvalue weighted by Gasteiger charge is -2.26. The van der Waals surface area contributed by atoms with Crippen LogP contribution in [-0.2, 0) is 19.6 Å². The summed E-state index contributed by atoms with van der Waals surface area (Å²) in [4.78, 5) is 23.6. The van der Waals surface area contributed by atoms with Gasteiger partial charge in [0.1, 0.15) is 16.8 Å². The molecule has 0 radical (unpaired) electrons. The molecule has 1 fully saturated rings. The number of carbonyl (C=O) groups excluding carboxylic acids is 2. The smallest absolute Gasteiger partial charge is 0.251 e. The second-order valence-electron chi connectivity index (χ2n) is 6.15. The Labute approximate surface area is 158 Å². The molecule has 10 heteroatoms. The third-order valence-electron chi connectivity index (χ3n) is 4.07. The Hall–Kier alpha value is -2.04. The number of benzene rings is 1. The molecule has 0 bridgehead atoms. The van der Waals surface area contributed by atoms with Gasteiger partial charge in [0.2, 0.25) is 15.9 Å². The van der Waals surface area contributed by atoms with E-state index in [4.69, 9.17) is 4.74 Å². The van der Waals surface area contributed by atoms with Gasteiger partial charge in [0.25, 0.3) is 5.91 Å². The average molecular weight is 401 g/mol. The summed E-state index contributed by atoms with van der Waals surface area (Å²) in [5.74, 6) is -1.95. The third kappa shape index (κ3) is 5.24. The van der Waals surface area contributed by atoms with Crippen LogP contribution in [0.1, 0.15) is 30.6 Å². The summed E-state index contributed by atoms with van der Waals surface area (Å²) in [7, 11) is -4.09. The van der Waals surface area contributed by atoms with E-state index < -0.39 is 32.7 Å². The van der Waals surface area contributed by atoms with Crippen molar-refractivity contribution in [2.24, 2.45) is 0 Å². The number of nitrogens with zero attached hydrogens (tertiary/aromatic N) is 1. The molecule has 1 aliphatic heterocycles. The molecule has 1 aliphatic rings. The van der Waals surface area contributed by atoms with Crippen LogP contribution in [0.5, 0.6) is 0 Å². The van der Waals surface area contributed by atoms with Crippen LogP contribution in [0.25, 0.3) is 0 Å². The van der Waals surface area contributed by atoms with Crippen molar-refractivity contribution in [3.05, 3.63) is 29.6 Å². The molecule has 1 aromatic carbocycles. The molecule has 0 aromatic heterocycles. The Morgan fingerprint density at radius 2 is 1.96 bits per heavy atom. The molecular weight excluding hydrogens is 377 g/mol. The van der Waals surface area contributed by atoms with Crippen LogP contribution < -0.4 is 10.6 Å². The Kier molecular flexibility index (Phi) is 7.28. The topological polar surface area (TPSA) is 105 Å². The minimum Gasteiger partial charge on any atom is -0.379 e. The van der Waals surface area contributed by atoms with Crippen molar-refractivity contribution in [1.82, 2.24) is 14.9 Å². The van der Waals surface area contributed by atoms with Gasteiger partial charge in [0.05, 0.1) is 13.2 Å². The molecule has 0 spiro atoms. The van der Waals surface area contributed by atoms with E-state index in [1.165, 1.54) is 13.0 Å². The van der Waals surface area contributed by atoms with E-state index in [-0.39, 0.29) is 37.8 Å². The fourth-order valence-corrected chi connectivity index (χ4v) is 4.01. The standard InChI is InChI=1S/C17H24FN3O5S/c1-3-6-19-16(22)12(2)20-17(23)13-4-5-14(18)15(11-13)27(24,25)21-7-9-26-10-8-21/h4-5,11-12H,3,6-10H2,1-2H3,(H,19,22)(H,20,23)/t12-/m0/s1. The van der Waals surface area contributed by atoms with Crippen molar-refractivity contribution in [2.45, 2.75) is 31.2 Å². The first kappa shape index (κ1) is 21.3. The summed E-state index contributed by atoms with van der Waals surface area (Å²) in [5.41, 5.74) is -0.0432. The van der Waals surface area contributed by atoms with Gasteiger partial charge < -0.3 is 15.4 Å². The van der Waals surface area contributed by atoms with Crippen LogP contribution in [-0.4, -0.2) is 63.4 Å². The van der Waals surface area contributed by atoms with Gasteiger partial charge >= 0.3 is 0 Å². The van der Waals surface area contributed by atoms with Crippen LogP contribution >= 0.6 is 0 Å². The number of halogens is 1. The van der Waals surface area contributed by atoms with Crippen molar-refractivity contribution in [3.63, 3.8) is 0 Å². The fraction of sp³-hybridized carbons (Fsp3) is 0.529. The maximum atomic E-state index is 14.2. The number of rotatable bonds is 7. The molecular formula is C17H24FN3O5S. The molecule has 2 rings (SSSR count). The van der Waals surface area contributed by atoms with Gasteiger partial charge in [-0.1, -0.05) is 6.92 Å². The average Bonchev–Trinajstić information content (AvgIpc) is 2.66. The molecule has 2 amide bonds. The molecule has 0 unspecified atom stereocenters. The quantitative estimate of drug-likeness (QED) is 0.692. The highest BCUT2D eigenvalue weighted by Gasteiger charge is 2.30. The van der Waals surface area contributed by atoms with E-state index in [0.717, 1.165) is 22.9 Å². The molecule has 1 heterocycles. The molecule has 150 valence electrons. The normalized spacial score (nSPS) is 16.6. The zero-order valence-corrected chi connectivity index (χ0v) is 16.1. The summed E-state index contributed by atoms with van der Waals surface area (Å²) in [5, 5.41) is 5.13. The van der Waals surface area contributed by atoms with Crippen LogP contribution in [0.15, 0.2) is 23.1 Å². The minimum absolute atomic E-state index is 0.0432. The molecule has 27 heavy (non-hydrogen) atoms. The van der Waals surface area contributed by atoms with E-state index in [2.05, 4.69) is 10.6 Å². The maximum Gasteiger partial charge on any atom is 0.251 e. The largest absolute Gasteiger partial charge is 0.379 e. The monoisotopic (exact) mass is 401 g/mol. The number of ether oxygens (including phenoxy) is 1. The lowest BCUT2D eigenvalue weighted by molar-refractivity contribution is -0.122. The Bertz CT molecular complexity index is 794. The summed E-state index contributed by atoms with van der Waals surface area (Å²) >= 11 is 0. The molecule has 0 aliphatic carbocycles. The summed E-state index contributed by atoms with van der Waals surface area (Å²) in [6, 6.07) is 2.30. The number of hydrogen-bond donors (Lipinski definition) is 2. The molecule has 0 saturated carbocycles. The van der Waals surface area contributed by atoms with E-state index in [1.54, 1.807) is 0 Å². The second-order valence-corrected chi connectivity index (χ2v) is 8.05. The predicted octanol–water partition coefficient (Wildman–Crippen LogP) is 0.491. The SMILES string of the molecule is CCCNC(=O)[C@H](C)NC(=O)c1ccc(F)c(S(=O)(=O)N2CCOCC2)c1. The minimum atomic E-state index is -4.09. The first-order valence-corrected chi connectivity index (χ1v) is 10.2. The number of amides is 2. The zero-order chi connectivity index (χ0) is 20.0. The lowest BCUT2D eigenvalue weighted by Crippen LogP contribution is -2.45. The predicted molar refractivity (Wildman–Crippen MR) is 96.2 cm³/mol. The zero-order valence-electron chi connectivity index (χ0n) is 15.3. The molecule has 1 saturated heterocycles. The van der Waals surface area contributed by atoms with Crippen molar-refractivity contribution in [3.8, 4) is 0 Å². The van der Waals surface area contributed by atoms with Crippen LogP contribution in [0, 0.1) is 5.82 Å². The Morgan fingerprint density at radius 3 is 2.59 bits per heavy atom. The highest BCUT2D eigenvalue weighted by atomic mass is 32.2. The maximum absolute atomic E-state index is 14.2. The number of carbonyl (C=O) groups is 2. The van der Waals surface area contributed by atoms with Gasteiger partial charge in [-0.2, -0.15) is 4.31 Å². The van der Waals surface area contributed by atoms with Crippen LogP contribution in [0.4, 0.5) is 4.39 Å². The fourth-order valence-electron chi connectivity index (χ4n) is 2.52. The van der Waals surface area contributed by atoms with Crippen LogP contribution in [0.2, 0.25) is 0 Å². The summed E-state index contributed by atoms with van der Waals surface area (Å²) < 4.78 is 45.8. The molecule has 8 nitrogen and oxygen atoms in total. The number of nitrogens with one attached hydrogen (secondary N) is 2. The van der Waals surface area contributed by atoms with Crippen molar-refractivity contribution < 1.29 is 27.1 Å². The lowest BCUT2D eigenvalue weighted by atomic mass is 10.2. The van der Waals surface area contributed by atoms with Crippen molar-refractivity contribution >= 4 is 21.8 Å².